The fraction of sp³-hybridized carbons (Fsp3) is 0.300. The highest BCUT2D eigenvalue weighted by Crippen LogP contribution is 2.32. The molecule has 0 aliphatic heterocycles. The summed E-state index contributed by atoms with van der Waals surface area (Å²) in [5.74, 6) is -1.88. The van der Waals surface area contributed by atoms with E-state index in [0.717, 1.165) is 10.4 Å². The third-order valence-corrected chi connectivity index (χ3v) is 5.20. The van der Waals surface area contributed by atoms with Crippen LogP contribution in [0.15, 0.2) is 24.3 Å². The Morgan fingerprint density at radius 3 is 2.28 bits per heavy atom. The summed E-state index contributed by atoms with van der Waals surface area (Å²) in [5.41, 5.74) is 2.14. The van der Waals surface area contributed by atoms with Gasteiger partial charge in [-0.2, -0.15) is 0 Å². The van der Waals surface area contributed by atoms with Crippen molar-refractivity contribution in [2.75, 3.05) is 19.0 Å². The van der Waals surface area contributed by atoms with E-state index in [0.29, 0.717) is 16.1 Å². The number of ether oxygens (including phenoxy) is 2. The van der Waals surface area contributed by atoms with Gasteiger partial charge in [0.05, 0.1) is 18.2 Å². The predicted octanol–water partition coefficient (Wildman–Crippen LogP) is 2.58. The molecule has 1 heterocycles. The minimum atomic E-state index is -0.673. The Hall–Kier alpha value is -3.20. The van der Waals surface area contributed by atoms with E-state index < -0.39 is 24.5 Å². The van der Waals surface area contributed by atoms with Gasteiger partial charge >= 0.3 is 11.9 Å². The lowest BCUT2D eigenvalue weighted by Crippen LogP contribution is -2.28. The summed E-state index contributed by atoms with van der Waals surface area (Å²) in [6.45, 7) is 4.70. The van der Waals surface area contributed by atoms with Gasteiger partial charge in [0, 0.05) is 18.3 Å². The van der Waals surface area contributed by atoms with Gasteiger partial charge in [0.25, 0.3) is 5.91 Å². The highest BCUT2D eigenvalue weighted by Gasteiger charge is 2.22. The van der Waals surface area contributed by atoms with Crippen molar-refractivity contribution in [3.8, 4) is 0 Å². The lowest BCUT2D eigenvalue weighted by Gasteiger charge is -2.09. The van der Waals surface area contributed by atoms with Crippen LogP contribution in [0.4, 0.5) is 5.00 Å². The number of rotatable bonds is 7. The molecule has 154 valence electrons. The number of carbonyl (C=O) groups is 4. The molecule has 9 heteroatoms. The third kappa shape index (κ3) is 5.89. The summed E-state index contributed by atoms with van der Waals surface area (Å²) in [5, 5.41) is 5.65. The summed E-state index contributed by atoms with van der Waals surface area (Å²) in [7, 11) is 1.30. The lowest BCUT2D eigenvalue weighted by molar-refractivity contribution is -0.124. The van der Waals surface area contributed by atoms with Crippen LogP contribution in [-0.4, -0.2) is 37.5 Å². The Kier molecular flexibility index (Phi) is 7.49. The molecule has 1 aromatic carbocycles. The van der Waals surface area contributed by atoms with Crippen molar-refractivity contribution in [2.24, 2.45) is 0 Å². The number of aryl methyl sites for hydroxylation is 1. The van der Waals surface area contributed by atoms with Gasteiger partial charge in [-0.25, -0.2) is 9.59 Å². The number of benzene rings is 1. The minimum absolute atomic E-state index is 0.214. The van der Waals surface area contributed by atoms with Gasteiger partial charge in [-0.1, -0.05) is 12.1 Å². The number of thiophene rings is 1. The van der Waals surface area contributed by atoms with Crippen molar-refractivity contribution in [1.29, 1.82) is 0 Å². The summed E-state index contributed by atoms with van der Waals surface area (Å²) in [6.07, 6.45) is 0. The van der Waals surface area contributed by atoms with Crippen LogP contribution in [0.3, 0.4) is 0 Å². The van der Waals surface area contributed by atoms with E-state index in [9.17, 15) is 19.2 Å². The number of anilines is 1. The first-order valence-electron chi connectivity index (χ1n) is 8.71. The van der Waals surface area contributed by atoms with Gasteiger partial charge in [-0.05, 0) is 37.1 Å². The first kappa shape index (κ1) is 22.1. The van der Waals surface area contributed by atoms with Gasteiger partial charge < -0.3 is 20.1 Å². The molecule has 0 aliphatic rings. The summed E-state index contributed by atoms with van der Waals surface area (Å²) in [6, 6.07) is 6.57. The molecule has 0 spiro atoms. The van der Waals surface area contributed by atoms with E-state index in [-0.39, 0.29) is 18.0 Å². The van der Waals surface area contributed by atoms with Crippen LogP contribution in [-0.2, 0) is 25.6 Å². The second-order valence-corrected chi connectivity index (χ2v) is 7.43. The highest BCUT2D eigenvalue weighted by atomic mass is 32.1. The van der Waals surface area contributed by atoms with Gasteiger partial charge in [0.2, 0.25) is 5.91 Å². The zero-order valence-corrected chi connectivity index (χ0v) is 17.4. The first-order chi connectivity index (χ1) is 13.7. The quantitative estimate of drug-likeness (QED) is 0.669. The number of amides is 2. The minimum Gasteiger partial charge on any atom is -0.465 e. The molecular formula is C20H22N2O6S. The monoisotopic (exact) mass is 418 g/mol. The van der Waals surface area contributed by atoms with Crippen molar-refractivity contribution in [3.63, 3.8) is 0 Å². The predicted molar refractivity (Wildman–Crippen MR) is 108 cm³/mol. The van der Waals surface area contributed by atoms with Gasteiger partial charge in [0.15, 0.2) is 6.61 Å². The lowest BCUT2D eigenvalue weighted by atomic mass is 10.1. The van der Waals surface area contributed by atoms with Crippen molar-refractivity contribution < 1.29 is 28.7 Å². The Morgan fingerprint density at radius 1 is 1.03 bits per heavy atom. The molecule has 0 atom stereocenters. The van der Waals surface area contributed by atoms with Crippen molar-refractivity contribution >= 4 is 40.1 Å². The zero-order chi connectivity index (χ0) is 21.6. The molecule has 2 N–H and O–H groups in total. The van der Waals surface area contributed by atoms with Gasteiger partial charge in [-0.15, -0.1) is 11.3 Å². The molecule has 0 aliphatic carbocycles. The number of methoxy groups -OCH3 is 1. The van der Waals surface area contributed by atoms with Crippen molar-refractivity contribution in [3.05, 3.63) is 51.4 Å². The number of nitrogens with one attached hydrogen (secondary N) is 2. The number of hydrogen-bond acceptors (Lipinski definition) is 7. The molecule has 2 aromatic rings. The average Bonchev–Trinajstić information content (AvgIpc) is 2.96. The molecule has 2 amide bonds. The van der Waals surface area contributed by atoms with Gasteiger partial charge in [0.1, 0.15) is 5.00 Å². The number of carbonyl (C=O) groups excluding carboxylic acids is 4. The van der Waals surface area contributed by atoms with Crippen LogP contribution in [0.1, 0.15) is 43.6 Å². The summed E-state index contributed by atoms with van der Waals surface area (Å²) in [4.78, 5) is 48.0. The van der Waals surface area contributed by atoms with Gasteiger partial charge in [-0.3, -0.25) is 9.59 Å². The standard InChI is InChI=1S/C20H22N2O6S/c1-11-12(2)29-18(22-13(3)23)17(11)20(26)28-10-16(24)21-9-14-5-7-15(8-6-14)19(25)27-4/h5-8H,9-10H2,1-4H3,(H,21,24)(H,22,23). The third-order valence-electron chi connectivity index (χ3n) is 4.08. The molecule has 0 radical (unpaired) electrons. The fourth-order valence-corrected chi connectivity index (χ4v) is 3.55. The number of esters is 2. The molecule has 0 unspecified atom stereocenters. The normalized spacial score (nSPS) is 10.2. The second-order valence-electron chi connectivity index (χ2n) is 6.21. The summed E-state index contributed by atoms with van der Waals surface area (Å²) >= 11 is 1.28. The second kappa shape index (κ2) is 9.83. The average molecular weight is 418 g/mol. The molecule has 0 saturated carbocycles. The Bertz CT molecular complexity index is 933. The maximum atomic E-state index is 12.4. The Balaban J connectivity index is 1.90. The largest absolute Gasteiger partial charge is 0.465 e. The zero-order valence-electron chi connectivity index (χ0n) is 16.6. The molecule has 29 heavy (non-hydrogen) atoms. The van der Waals surface area contributed by atoms with E-state index in [2.05, 4.69) is 15.4 Å². The van der Waals surface area contributed by atoms with Crippen molar-refractivity contribution in [2.45, 2.75) is 27.3 Å². The number of hydrogen-bond donors (Lipinski definition) is 2. The molecule has 1 aromatic heterocycles. The van der Waals surface area contributed by atoms with Crippen LogP contribution >= 0.6 is 11.3 Å². The van der Waals surface area contributed by atoms with Crippen molar-refractivity contribution in [1.82, 2.24) is 5.32 Å². The molecule has 0 fully saturated rings. The molecular weight excluding hydrogens is 396 g/mol. The Labute approximate surface area is 172 Å². The molecule has 0 saturated heterocycles. The smallest absolute Gasteiger partial charge is 0.341 e. The first-order valence-corrected chi connectivity index (χ1v) is 9.53. The van der Waals surface area contributed by atoms with Crippen LogP contribution < -0.4 is 10.6 Å². The maximum Gasteiger partial charge on any atom is 0.341 e. The fourth-order valence-electron chi connectivity index (χ4n) is 2.45. The van der Waals surface area contributed by atoms with E-state index in [1.54, 1.807) is 31.2 Å². The van der Waals surface area contributed by atoms with E-state index in [1.807, 2.05) is 6.92 Å². The Morgan fingerprint density at radius 2 is 1.69 bits per heavy atom. The van der Waals surface area contributed by atoms with E-state index in [1.165, 1.54) is 25.4 Å². The maximum absolute atomic E-state index is 12.4. The topological polar surface area (TPSA) is 111 Å². The highest BCUT2D eigenvalue weighted by molar-refractivity contribution is 7.16. The van der Waals surface area contributed by atoms with Crippen LogP contribution in [0, 0.1) is 13.8 Å². The summed E-state index contributed by atoms with van der Waals surface area (Å²) < 4.78 is 9.73. The van der Waals surface area contributed by atoms with Crippen LogP contribution in [0.25, 0.3) is 0 Å². The SMILES string of the molecule is COC(=O)c1ccc(CNC(=O)COC(=O)c2c(NC(C)=O)sc(C)c2C)cc1. The molecule has 8 nitrogen and oxygen atoms in total. The van der Waals surface area contributed by atoms with E-state index >= 15 is 0 Å². The molecule has 0 bridgehead atoms. The molecule has 2 rings (SSSR count). The van der Waals surface area contributed by atoms with E-state index in [4.69, 9.17) is 4.74 Å². The van der Waals surface area contributed by atoms with Crippen LogP contribution in [0.5, 0.6) is 0 Å². The van der Waals surface area contributed by atoms with Crippen LogP contribution in [0.2, 0.25) is 0 Å².